The summed E-state index contributed by atoms with van der Waals surface area (Å²) in [5, 5.41) is 11.7. The Balaban J connectivity index is 1.49. The Kier molecular flexibility index (Phi) is 10.5. The lowest BCUT2D eigenvalue weighted by Crippen LogP contribution is -2.39. The van der Waals surface area contributed by atoms with Crippen molar-refractivity contribution in [2.24, 2.45) is 0 Å². The SMILES string of the molecule is C=CCOc1ccc(/C(O)=C2\C(=O)C(=O)N(CCCN3CCOCC3)C2c2ccc(OCc3ccccc3)c(OC)c2)c(C)c1. The van der Waals surface area contributed by atoms with Crippen molar-refractivity contribution in [1.29, 1.82) is 0 Å². The average Bonchev–Trinajstić information content (AvgIpc) is 3.32. The van der Waals surface area contributed by atoms with E-state index < -0.39 is 17.7 Å². The molecule has 0 bridgehead atoms. The Labute approximate surface area is 264 Å². The van der Waals surface area contributed by atoms with Crippen molar-refractivity contribution in [3.8, 4) is 17.2 Å². The van der Waals surface area contributed by atoms with Crippen LogP contribution in [-0.2, 0) is 20.9 Å². The molecule has 0 saturated carbocycles. The molecular formula is C36H40N2O7. The number of rotatable bonds is 13. The Hall–Kier alpha value is -4.60. The number of methoxy groups -OCH3 is 1. The molecule has 0 radical (unpaired) electrons. The number of morpholine rings is 1. The molecule has 45 heavy (non-hydrogen) atoms. The third-order valence-corrected chi connectivity index (χ3v) is 8.08. The van der Waals surface area contributed by atoms with Crippen molar-refractivity contribution in [3.63, 3.8) is 0 Å². The lowest BCUT2D eigenvalue weighted by molar-refractivity contribution is -0.140. The van der Waals surface area contributed by atoms with Crippen molar-refractivity contribution < 1.29 is 33.6 Å². The first-order chi connectivity index (χ1) is 21.9. The largest absolute Gasteiger partial charge is 0.507 e. The molecule has 1 N–H and O–H groups in total. The van der Waals surface area contributed by atoms with Crippen LogP contribution in [0.1, 0.15) is 34.7 Å². The Morgan fingerprint density at radius 2 is 1.78 bits per heavy atom. The fourth-order valence-electron chi connectivity index (χ4n) is 5.75. The average molecular weight is 613 g/mol. The summed E-state index contributed by atoms with van der Waals surface area (Å²) in [6, 6.07) is 19.6. The summed E-state index contributed by atoms with van der Waals surface area (Å²) >= 11 is 0. The fraction of sp³-hybridized carbons (Fsp3) is 0.333. The highest BCUT2D eigenvalue weighted by molar-refractivity contribution is 6.46. The van der Waals surface area contributed by atoms with Crippen molar-refractivity contribution in [3.05, 3.63) is 107 Å². The van der Waals surface area contributed by atoms with Gasteiger partial charge in [0.1, 0.15) is 24.7 Å². The number of amides is 1. The first kappa shape index (κ1) is 31.8. The highest BCUT2D eigenvalue weighted by atomic mass is 16.5. The van der Waals surface area contributed by atoms with E-state index in [0.717, 1.165) is 25.2 Å². The van der Waals surface area contributed by atoms with Gasteiger partial charge >= 0.3 is 0 Å². The minimum Gasteiger partial charge on any atom is -0.507 e. The van der Waals surface area contributed by atoms with Gasteiger partial charge in [0.2, 0.25) is 0 Å². The lowest BCUT2D eigenvalue weighted by atomic mass is 9.93. The Bertz CT molecular complexity index is 1550. The van der Waals surface area contributed by atoms with Crippen LogP contribution < -0.4 is 14.2 Å². The van der Waals surface area contributed by atoms with E-state index in [1.54, 1.807) is 48.4 Å². The Morgan fingerprint density at radius 1 is 1.00 bits per heavy atom. The summed E-state index contributed by atoms with van der Waals surface area (Å²) in [4.78, 5) is 31.1. The highest BCUT2D eigenvalue weighted by Gasteiger charge is 2.46. The number of Topliss-reactive ketones (excluding diaryl/α,β-unsaturated/α-hetero) is 1. The second-order valence-electron chi connectivity index (χ2n) is 11.1. The molecule has 3 aromatic carbocycles. The van der Waals surface area contributed by atoms with Gasteiger partial charge in [-0.05, 0) is 60.4 Å². The maximum atomic E-state index is 13.7. The number of hydrogen-bond acceptors (Lipinski definition) is 8. The van der Waals surface area contributed by atoms with E-state index in [4.69, 9.17) is 18.9 Å². The van der Waals surface area contributed by atoms with E-state index >= 15 is 0 Å². The number of carbonyl (C=O) groups is 2. The highest BCUT2D eigenvalue weighted by Crippen LogP contribution is 2.42. The van der Waals surface area contributed by atoms with Crippen LogP contribution in [0.15, 0.2) is 85.0 Å². The van der Waals surface area contributed by atoms with Crippen LogP contribution in [0.3, 0.4) is 0 Å². The summed E-state index contributed by atoms with van der Waals surface area (Å²) in [6.07, 6.45) is 2.31. The van der Waals surface area contributed by atoms with Crippen molar-refractivity contribution in [2.75, 3.05) is 53.1 Å². The van der Waals surface area contributed by atoms with E-state index in [9.17, 15) is 14.7 Å². The molecule has 1 amide bonds. The normalized spacial score (nSPS) is 18.2. The number of benzene rings is 3. The predicted molar refractivity (Wildman–Crippen MR) is 172 cm³/mol. The summed E-state index contributed by atoms with van der Waals surface area (Å²) in [5.41, 5.74) is 2.83. The van der Waals surface area contributed by atoms with E-state index in [0.29, 0.717) is 73.3 Å². The zero-order valence-corrected chi connectivity index (χ0v) is 25.9. The van der Waals surface area contributed by atoms with Gasteiger partial charge in [0.05, 0.1) is 31.9 Å². The number of ketones is 1. The second kappa shape index (κ2) is 14.9. The van der Waals surface area contributed by atoms with Crippen molar-refractivity contribution >= 4 is 17.4 Å². The van der Waals surface area contributed by atoms with Crippen LogP contribution in [0.5, 0.6) is 17.2 Å². The number of carbonyl (C=O) groups excluding carboxylic acids is 2. The zero-order chi connectivity index (χ0) is 31.8. The summed E-state index contributed by atoms with van der Waals surface area (Å²) in [7, 11) is 1.55. The number of nitrogens with zero attached hydrogens (tertiary/aromatic N) is 2. The number of aryl methyl sites for hydroxylation is 1. The van der Waals surface area contributed by atoms with Crippen LogP contribution in [0, 0.1) is 6.92 Å². The minimum absolute atomic E-state index is 0.0363. The van der Waals surface area contributed by atoms with Crippen LogP contribution in [0.2, 0.25) is 0 Å². The van der Waals surface area contributed by atoms with E-state index in [-0.39, 0.29) is 11.3 Å². The third-order valence-electron chi connectivity index (χ3n) is 8.08. The van der Waals surface area contributed by atoms with Gasteiger partial charge in [0.15, 0.2) is 11.5 Å². The molecular weight excluding hydrogens is 572 g/mol. The van der Waals surface area contributed by atoms with Gasteiger partial charge in [-0.2, -0.15) is 0 Å². The topological polar surface area (TPSA) is 97.8 Å². The molecule has 236 valence electrons. The number of aliphatic hydroxyl groups is 1. The summed E-state index contributed by atoms with van der Waals surface area (Å²) < 4.78 is 22.9. The molecule has 0 aromatic heterocycles. The number of aliphatic hydroxyl groups excluding tert-OH is 1. The molecule has 2 aliphatic heterocycles. The zero-order valence-electron chi connectivity index (χ0n) is 25.9. The van der Waals surface area contributed by atoms with Gasteiger partial charge in [-0.25, -0.2) is 0 Å². The maximum Gasteiger partial charge on any atom is 0.295 e. The quantitative estimate of drug-likeness (QED) is 0.120. The molecule has 9 heteroatoms. The van der Waals surface area contributed by atoms with Gasteiger partial charge in [-0.15, -0.1) is 0 Å². The van der Waals surface area contributed by atoms with Crippen LogP contribution in [0.25, 0.3) is 5.76 Å². The van der Waals surface area contributed by atoms with Gasteiger partial charge in [-0.1, -0.05) is 49.1 Å². The number of hydrogen-bond donors (Lipinski definition) is 1. The Morgan fingerprint density at radius 3 is 2.49 bits per heavy atom. The summed E-state index contributed by atoms with van der Waals surface area (Å²) in [5.74, 6) is 0.00161. The lowest BCUT2D eigenvalue weighted by Gasteiger charge is -2.29. The van der Waals surface area contributed by atoms with E-state index in [2.05, 4.69) is 11.5 Å². The standard InChI is InChI=1S/C36H40N2O7/c1-4-19-44-28-12-13-29(25(2)22-28)34(39)32-33(38(36(41)35(32)40)16-8-15-37-17-20-43-21-18-37)27-11-14-30(31(23-27)42-3)45-24-26-9-6-5-7-10-26/h4-7,9-14,22-23,33,39H,1,8,15-21,24H2,2-3H3/b34-32+. The molecule has 1 atom stereocenters. The van der Waals surface area contributed by atoms with E-state index in [1.807, 2.05) is 43.3 Å². The fourth-order valence-corrected chi connectivity index (χ4v) is 5.75. The number of ether oxygens (including phenoxy) is 4. The second-order valence-corrected chi connectivity index (χ2v) is 11.1. The van der Waals surface area contributed by atoms with Crippen molar-refractivity contribution in [1.82, 2.24) is 9.80 Å². The van der Waals surface area contributed by atoms with Gasteiger partial charge in [0, 0.05) is 31.7 Å². The number of likely N-dealkylation sites (tertiary alicyclic amines) is 1. The van der Waals surface area contributed by atoms with Gasteiger partial charge in [-0.3, -0.25) is 14.5 Å². The molecule has 0 spiro atoms. The van der Waals surface area contributed by atoms with E-state index in [1.165, 1.54) is 0 Å². The van der Waals surface area contributed by atoms with Gasteiger partial charge < -0.3 is 29.0 Å². The monoisotopic (exact) mass is 612 g/mol. The first-order valence-electron chi connectivity index (χ1n) is 15.2. The van der Waals surface area contributed by atoms with Gasteiger partial charge in [0.25, 0.3) is 11.7 Å². The van der Waals surface area contributed by atoms with Crippen LogP contribution >= 0.6 is 0 Å². The molecule has 0 aliphatic carbocycles. The van der Waals surface area contributed by atoms with Crippen LogP contribution in [0.4, 0.5) is 0 Å². The molecule has 5 rings (SSSR count). The molecule has 9 nitrogen and oxygen atoms in total. The molecule has 2 heterocycles. The molecule has 3 aromatic rings. The molecule has 1 unspecified atom stereocenters. The molecule has 2 fully saturated rings. The van der Waals surface area contributed by atoms with Crippen LogP contribution in [-0.4, -0.2) is 79.7 Å². The minimum atomic E-state index is -0.817. The smallest absolute Gasteiger partial charge is 0.295 e. The third kappa shape index (κ3) is 7.38. The molecule has 2 saturated heterocycles. The maximum absolute atomic E-state index is 13.7. The predicted octanol–water partition coefficient (Wildman–Crippen LogP) is 5.29. The first-order valence-corrected chi connectivity index (χ1v) is 15.2. The van der Waals surface area contributed by atoms with Crippen molar-refractivity contribution in [2.45, 2.75) is 26.0 Å². The summed E-state index contributed by atoms with van der Waals surface area (Å²) in [6.45, 7) is 10.3. The molecule has 2 aliphatic rings.